The minimum atomic E-state index is -1.46. The molecule has 2 aliphatic carbocycles. The average molecular weight is 487 g/mol. The molecule has 0 aromatic rings. The molecule has 9 nitrogen and oxygen atoms in total. The van der Waals surface area contributed by atoms with Crippen LogP contribution in [0, 0.1) is 17.3 Å². The lowest BCUT2D eigenvalue weighted by Gasteiger charge is -2.57. The van der Waals surface area contributed by atoms with Gasteiger partial charge in [-0.15, -0.1) is 0 Å². The molecule has 0 radical (unpaired) electrons. The molecule has 0 spiro atoms. The van der Waals surface area contributed by atoms with E-state index in [0.717, 1.165) is 38.5 Å². The zero-order valence-electron chi connectivity index (χ0n) is 21.3. The number of esters is 2. The van der Waals surface area contributed by atoms with Crippen molar-refractivity contribution in [3.8, 4) is 0 Å². The molecule has 1 saturated heterocycles. The largest absolute Gasteiger partial charge is 0.459 e. The number of rotatable bonds is 6. The van der Waals surface area contributed by atoms with Crippen molar-refractivity contribution in [3.63, 3.8) is 0 Å². The highest BCUT2D eigenvalue weighted by molar-refractivity contribution is 5.66. The van der Waals surface area contributed by atoms with Crippen molar-refractivity contribution >= 4 is 11.9 Å². The van der Waals surface area contributed by atoms with Gasteiger partial charge in [0.2, 0.25) is 0 Å². The van der Waals surface area contributed by atoms with Crippen LogP contribution in [0.25, 0.3) is 0 Å². The highest BCUT2D eigenvalue weighted by Gasteiger charge is 2.56. The van der Waals surface area contributed by atoms with Gasteiger partial charge in [0.25, 0.3) is 0 Å². The molecule has 0 aromatic carbocycles. The topological polar surface area (TPSA) is 132 Å². The van der Waals surface area contributed by atoms with E-state index in [1.54, 1.807) is 0 Å². The molecule has 34 heavy (non-hydrogen) atoms. The van der Waals surface area contributed by atoms with E-state index < -0.39 is 54.5 Å². The van der Waals surface area contributed by atoms with Gasteiger partial charge in [-0.3, -0.25) is 9.59 Å². The highest BCUT2D eigenvalue weighted by Crippen LogP contribution is 2.58. The minimum Gasteiger partial charge on any atom is -0.459 e. The smallest absolute Gasteiger partial charge is 0.303 e. The number of hydrogen-bond donors (Lipinski definition) is 3. The van der Waals surface area contributed by atoms with Gasteiger partial charge in [-0.05, 0) is 70.6 Å². The van der Waals surface area contributed by atoms with Crippen LogP contribution < -0.4 is 0 Å². The lowest BCUT2D eigenvalue weighted by Crippen LogP contribution is -2.62. The van der Waals surface area contributed by atoms with Gasteiger partial charge in [-0.1, -0.05) is 6.92 Å². The number of hydrogen-bond acceptors (Lipinski definition) is 9. The molecular formula is C25H42O9. The molecule has 9 atom stereocenters. The first-order chi connectivity index (χ1) is 15.7. The molecule has 0 amide bonds. The second-order valence-corrected chi connectivity index (χ2v) is 11.4. The van der Waals surface area contributed by atoms with E-state index in [-0.39, 0.29) is 23.2 Å². The number of fused-ring (bicyclic) bond motifs is 1. The summed E-state index contributed by atoms with van der Waals surface area (Å²) in [6.45, 7) is 10.3. The molecular weight excluding hydrogens is 444 g/mol. The normalized spacial score (nSPS) is 43.0. The Morgan fingerprint density at radius 3 is 2.32 bits per heavy atom. The van der Waals surface area contributed by atoms with Crippen molar-refractivity contribution in [1.82, 2.24) is 0 Å². The first-order valence-electron chi connectivity index (χ1n) is 12.4. The Morgan fingerprint density at radius 1 is 1.06 bits per heavy atom. The summed E-state index contributed by atoms with van der Waals surface area (Å²) >= 11 is 0. The summed E-state index contributed by atoms with van der Waals surface area (Å²) in [6.07, 6.45) is -0.761. The van der Waals surface area contributed by atoms with Gasteiger partial charge in [-0.2, -0.15) is 0 Å². The van der Waals surface area contributed by atoms with Crippen molar-refractivity contribution in [1.29, 1.82) is 0 Å². The Kier molecular flexibility index (Phi) is 8.05. The van der Waals surface area contributed by atoms with Gasteiger partial charge >= 0.3 is 11.9 Å². The van der Waals surface area contributed by atoms with Crippen LogP contribution in [0.3, 0.4) is 0 Å². The van der Waals surface area contributed by atoms with Crippen LogP contribution in [0.1, 0.15) is 80.1 Å². The van der Waals surface area contributed by atoms with E-state index in [4.69, 9.17) is 18.9 Å². The van der Waals surface area contributed by atoms with Crippen LogP contribution in [0.2, 0.25) is 0 Å². The number of carbonyl (C=O) groups is 2. The SMILES string of the molecule is CC(=O)O[C@H]1[C@H](OC(C)(C)[C@@H]2CC[C@@]3(C)CCC[C@@](C)(OC(C)=O)[C@@H]3C2)O[C@H](CO)[C@@H](O)[C@@H]1O. The third-order valence-electron chi connectivity index (χ3n) is 8.49. The quantitative estimate of drug-likeness (QED) is 0.483. The fourth-order valence-electron chi connectivity index (χ4n) is 6.61. The Hall–Kier alpha value is -1.26. The summed E-state index contributed by atoms with van der Waals surface area (Å²) < 4.78 is 23.2. The molecule has 0 bridgehead atoms. The van der Waals surface area contributed by atoms with Crippen molar-refractivity contribution in [2.45, 2.75) is 122 Å². The van der Waals surface area contributed by atoms with Gasteiger partial charge in [0, 0.05) is 19.8 Å². The van der Waals surface area contributed by atoms with Crippen LogP contribution in [0.15, 0.2) is 0 Å². The van der Waals surface area contributed by atoms with Crippen molar-refractivity contribution in [2.24, 2.45) is 17.3 Å². The Balaban J connectivity index is 1.81. The average Bonchev–Trinajstić information content (AvgIpc) is 2.72. The molecule has 0 unspecified atom stereocenters. The van der Waals surface area contributed by atoms with Crippen LogP contribution in [0.4, 0.5) is 0 Å². The molecule has 1 aliphatic heterocycles. The summed E-state index contributed by atoms with van der Waals surface area (Å²) in [4.78, 5) is 23.6. The number of aliphatic hydroxyl groups excluding tert-OH is 3. The fourth-order valence-corrected chi connectivity index (χ4v) is 6.61. The lowest BCUT2D eigenvalue weighted by atomic mass is 9.52. The van der Waals surface area contributed by atoms with Crippen LogP contribution in [-0.2, 0) is 28.5 Å². The van der Waals surface area contributed by atoms with E-state index in [0.29, 0.717) is 0 Å². The molecule has 2 saturated carbocycles. The molecule has 3 fully saturated rings. The fraction of sp³-hybridized carbons (Fsp3) is 0.920. The Bertz CT molecular complexity index is 755. The number of carbonyl (C=O) groups excluding carboxylic acids is 2. The van der Waals surface area contributed by atoms with Gasteiger partial charge in [-0.25, -0.2) is 0 Å². The molecule has 1 heterocycles. The molecule has 3 rings (SSSR count). The Morgan fingerprint density at radius 2 is 1.74 bits per heavy atom. The summed E-state index contributed by atoms with van der Waals surface area (Å²) in [6, 6.07) is 0. The molecule has 196 valence electrons. The monoisotopic (exact) mass is 486 g/mol. The maximum absolute atomic E-state index is 11.9. The number of aliphatic hydroxyl groups is 3. The molecule has 0 aromatic heterocycles. The van der Waals surface area contributed by atoms with Crippen LogP contribution >= 0.6 is 0 Å². The first-order valence-corrected chi connectivity index (χ1v) is 12.4. The van der Waals surface area contributed by atoms with Gasteiger partial charge in [0.05, 0.1) is 12.2 Å². The number of ether oxygens (including phenoxy) is 4. The van der Waals surface area contributed by atoms with E-state index in [1.165, 1.54) is 13.8 Å². The van der Waals surface area contributed by atoms with Crippen molar-refractivity contribution in [3.05, 3.63) is 0 Å². The summed E-state index contributed by atoms with van der Waals surface area (Å²) in [7, 11) is 0. The van der Waals surface area contributed by atoms with Gasteiger partial charge in [0.1, 0.15) is 23.9 Å². The Labute approximate surface area is 202 Å². The summed E-state index contributed by atoms with van der Waals surface area (Å²) in [5.41, 5.74) is -1.22. The van der Waals surface area contributed by atoms with E-state index in [9.17, 15) is 24.9 Å². The maximum Gasteiger partial charge on any atom is 0.303 e. The van der Waals surface area contributed by atoms with E-state index in [2.05, 4.69) is 6.92 Å². The summed E-state index contributed by atoms with van der Waals surface area (Å²) in [5, 5.41) is 30.4. The zero-order valence-corrected chi connectivity index (χ0v) is 21.3. The molecule has 3 N–H and O–H groups in total. The third-order valence-corrected chi connectivity index (χ3v) is 8.49. The minimum absolute atomic E-state index is 0.0684. The standard InChI is InChI=1S/C25H42O9/c1-14(27)31-21-20(30)19(29)17(13-26)32-22(21)34-23(3,4)16-8-11-24(5)9-7-10-25(6,18(24)12-16)33-15(2)28/h16-22,26,29-30H,7-13H2,1-6H3/t16-,17-,18-,19-,20+,21-,22+,24-,25-/m1/s1. The second-order valence-electron chi connectivity index (χ2n) is 11.4. The van der Waals surface area contributed by atoms with Crippen LogP contribution in [-0.4, -0.2) is 75.8 Å². The third kappa shape index (κ3) is 5.43. The zero-order chi connectivity index (χ0) is 25.5. The van der Waals surface area contributed by atoms with E-state index in [1.807, 2.05) is 20.8 Å². The van der Waals surface area contributed by atoms with Crippen molar-refractivity contribution in [2.75, 3.05) is 6.61 Å². The summed E-state index contributed by atoms with van der Waals surface area (Å²) in [5.74, 6) is -0.668. The molecule has 9 heteroatoms. The molecule has 3 aliphatic rings. The van der Waals surface area contributed by atoms with Gasteiger partial charge < -0.3 is 34.3 Å². The van der Waals surface area contributed by atoms with E-state index >= 15 is 0 Å². The van der Waals surface area contributed by atoms with Gasteiger partial charge in [0.15, 0.2) is 12.4 Å². The predicted molar refractivity (Wildman–Crippen MR) is 121 cm³/mol. The maximum atomic E-state index is 11.9. The van der Waals surface area contributed by atoms with Crippen molar-refractivity contribution < 1.29 is 43.9 Å². The predicted octanol–water partition coefficient (Wildman–Crippen LogP) is 2.08. The second kappa shape index (κ2) is 10.0. The van der Waals surface area contributed by atoms with Crippen LogP contribution in [0.5, 0.6) is 0 Å². The lowest BCUT2D eigenvalue weighted by molar-refractivity contribution is -0.332. The first kappa shape index (κ1) is 27.3. The highest BCUT2D eigenvalue weighted by atomic mass is 16.7.